The number of hydrogen-bond acceptors (Lipinski definition) is 8. The lowest BCUT2D eigenvalue weighted by Crippen LogP contribution is -2.48. The van der Waals surface area contributed by atoms with E-state index in [4.69, 9.17) is 4.74 Å². The Bertz CT molecular complexity index is 1490. The smallest absolute Gasteiger partial charge is 0.337 e. The number of aromatic hydroxyl groups is 1. The number of carbonyl (C=O) groups excluding carboxylic acids is 3. The molecule has 2 aliphatic rings. The molecule has 3 aromatic carbocycles. The Morgan fingerprint density at radius 1 is 0.976 bits per heavy atom. The van der Waals surface area contributed by atoms with Crippen molar-refractivity contribution in [2.45, 2.75) is 0 Å². The highest BCUT2D eigenvalue weighted by molar-refractivity contribution is 6.37. The second kappa shape index (κ2) is 11.8. The second-order valence-electron chi connectivity index (χ2n) is 10.2. The van der Waals surface area contributed by atoms with Crippen LogP contribution < -0.4 is 15.5 Å². The van der Waals surface area contributed by atoms with Gasteiger partial charge in [-0.25, -0.2) is 4.79 Å². The van der Waals surface area contributed by atoms with Gasteiger partial charge in [0.05, 0.1) is 30.5 Å². The molecule has 0 aliphatic carbocycles. The molecule has 10 nitrogen and oxygen atoms in total. The monoisotopic (exact) mass is 555 g/mol. The fraction of sp³-hybridized carbons (Fsp3) is 0.258. The summed E-state index contributed by atoms with van der Waals surface area (Å²) in [6.45, 7) is 3.99. The number of nitrogens with zero attached hydrogens (tertiary/aromatic N) is 3. The summed E-state index contributed by atoms with van der Waals surface area (Å²) in [5.41, 5.74) is 4.39. The minimum absolute atomic E-state index is 0.0165. The maximum Gasteiger partial charge on any atom is 0.337 e. The zero-order chi connectivity index (χ0) is 29.1. The Kier molecular flexibility index (Phi) is 8.04. The molecule has 10 heteroatoms. The fourth-order valence-corrected chi connectivity index (χ4v) is 4.93. The van der Waals surface area contributed by atoms with E-state index in [0.29, 0.717) is 45.9 Å². The maximum absolute atomic E-state index is 13.2. The molecular weight excluding hydrogens is 522 g/mol. The number of phenolic OH excluding ortho intramolecular Hbond substituents is 1. The van der Waals surface area contributed by atoms with Gasteiger partial charge in [0.1, 0.15) is 5.75 Å². The summed E-state index contributed by atoms with van der Waals surface area (Å²) in [5.74, 6) is -0.727. The van der Waals surface area contributed by atoms with Gasteiger partial charge in [0, 0.05) is 55.9 Å². The maximum atomic E-state index is 13.2. The molecule has 0 unspecified atom stereocenters. The minimum atomic E-state index is -0.507. The molecule has 2 aliphatic heterocycles. The number of rotatable bonds is 7. The van der Waals surface area contributed by atoms with Crippen LogP contribution in [0.4, 0.5) is 17.1 Å². The lowest BCUT2D eigenvalue weighted by molar-refractivity contribution is -0.119. The number of anilines is 3. The summed E-state index contributed by atoms with van der Waals surface area (Å²) in [7, 11) is 5.16. The van der Waals surface area contributed by atoms with Crippen molar-refractivity contribution in [1.29, 1.82) is 0 Å². The van der Waals surface area contributed by atoms with Crippen LogP contribution in [0.2, 0.25) is 0 Å². The van der Waals surface area contributed by atoms with E-state index in [2.05, 4.69) is 27.5 Å². The molecule has 0 spiro atoms. The molecule has 5 rings (SSSR count). The number of phenols is 1. The highest BCUT2D eigenvalue weighted by Crippen LogP contribution is 2.38. The largest absolute Gasteiger partial charge is 0.508 e. The van der Waals surface area contributed by atoms with E-state index in [0.717, 1.165) is 31.9 Å². The van der Waals surface area contributed by atoms with Crippen LogP contribution in [0.3, 0.4) is 0 Å². The first-order valence-electron chi connectivity index (χ1n) is 13.4. The van der Waals surface area contributed by atoms with Crippen LogP contribution in [-0.2, 0) is 14.3 Å². The lowest BCUT2D eigenvalue weighted by atomic mass is 9.98. The van der Waals surface area contributed by atoms with Gasteiger partial charge in [-0.15, -0.1) is 0 Å². The minimum Gasteiger partial charge on any atom is -0.508 e. The highest BCUT2D eigenvalue weighted by atomic mass is 16.5. The SMILES string of the molecule is COC(=O)c1ccc2c(c1)/C(=C(/Nc1ccc(N(C)C(=O)CN3CCN(C)CC3)cc1)c1ccc(O)cc1)C(=O)N2. The van der Waals surface area contributed by atoms with Crippen LogP contribution in [-0.4, -0.2) is 86.6 Å². The number of nitrogens with one attached hydrogen (secondary N) is 2. The van der Waals surface area contributed by atoms with Crippen LogP contribution >= 0.6 is 0 Å². The standard InChI is InChI=1S/C31H33N5O5/c1-34-14-16-36(17-15-34)19-27(38)35(2)23-9-7-22(8-10-23)32-29(20-4-11-24(37)12-5-20)28-25-18-21(31(40)41-3)6-13-26(25)33-30(28)39/h4-13,18,32,37H,14-17,19H2,1-3H3,(H,33,39)/b29-28-. The number of ether oxygens (including phenoxy) is 1. The Morgan fingerprint density at radius 3 is 2.29 bits per heavy atom. The summed E-state index contributed by atoms with van der Waals surface area (Å²) in [6, 6.07) is 18.8. The van der Waals surface area contributed by atoms with Gasteiger partial charge in [-0.2, -0.15) is 0 Å². The quantitative estimate of drug-likeness (QED) is 0.301. The summed E-state index contributed by atoms with van der Waals surface area (Å²) in [4.78, 5) is 44.5. The number of piperazine rings is 1. The number of hydrogen-bond donors (Lipinski definition) is 3. The summed E-state index contributed by atoms with van der Waals surface area (Å²) < 4.78 is 4.87. The molecule has 1 fully saturated rings. The third kappa shape index (κ3) is 6.08. The van der Waals surface area contributed by atoms with E-state index in [1.54, 1.807) is 54.4 Å². The topological polar surface area (TPSA) is 114 Å². The van der Waals surface area contributed by atoms with Gasteiger partial charge in [0.15, 0.2) is 0 Å². The van der Waals surface area contributed by atoms with E-state index in [1.165, 1.54) is 7.11 Å². The predicted octanol–water partition coefficient (Wildman–Crippen LogP) is 3.32. The third-order valence-electron chi connectivity index (χ3n) is 7.44. The van der Waals surface area contributed by atoms with Crippen molar-refractivity contribution in [2.24, 2.45) is 0 Å². The van der Waals surface area contributed by atoms with E-state index in [1.807, 2.05) is 24.3 Å². The molecule has 0 bridgehead atoms. The van der Waals surface area contributed by atoms with Crippen LogP contribution in [0.25, 0.3) is 11.3 Å². The van der Waals surface area contributed by atoms with E-state index >= 15 is 0 Å². The second-order valence-corrected chi connectivity index (χ2v) is 10.2. The number of benzene rings is 3. The van der Waals surface area contributed by atoms with Crippen LogP contribution in [0.15, 0.2) is 66.7 Å². The van der Waals surface area contributed by atoms with Crippen molar-refractivity contribution in [3.63, 3.8) is 0 Å². The third-order valence-corrected chi connectivity index (χ3v) is 7.44. The van der Waals surface area contributed by atoms with E-state index in [-0.39, 0.29) is 17.6 Å². The molecule has 2 amide bonds. The molecular formula is C31H33N5O5. The molecule has 0 aromatic heterocycles. The molecule has 0 radical (unpaired) electrons. The predicted molar refractivity (Wildman–Crippen MR) is 159 cm³/mol. The molecule has 212 valence electrons. The highest BCUT2D eigenvalue weighted by Gasteiger charge is 2.30. The van der Waals surface area contributed by atoms with Crippen molar-refractivity contribution >= 4 is 46.1 Å². The zero-order valence-electron chi connectivity index (χ0n) is 23.3. The van der Waals surface area contributed by atoms with Crippen molar-refractivity contribution in [3.05, 3.63) is 83.4 Å². The number of amides is 2. The molecule has 0 saturated carbocycles. The molecule has 1 saturated heterocycles. The van der Waals surface area contributed by atoms with Gasteiger partial charge in [-0.05, 0) is 79.3 Å². The Balaban J connectivity index is 1.43. The van der Waals surface area contributed by atoms with Gasteiger partial charge in [0.2, 0.25) is 5.91 Å². The lowest BCUT2D eigenvalue weighted by Gasteiger charge is -2.32. The number of carbonyl (C=O) groups is 3. The fourth-order valence-electron chi connectivity index (χ4n) is 4.93. The summed E-state index contributed by atoms with van der Waals surface area (Å²) >= 11 is 0. The molecule has 3 aromatic rings. The van der Waals surface area contributed by atoms with Crippen molar-refractivity contribution in [1.82, 2.24) is 9.80 Å². The van der Waals surface area contributed by atoms with E-state index < -0.39 is 5.97 Å². The van der Waals surface area contributed by atoms with Gasteiger partial charge < -0.3 is 30.3 Å². The van der Waals surface area contributed by atoms with Crippen LogP contribution in [0.1, 0.15) is 21.5 Å². The number of methoxy groups -OCH3 is 1. The first-order valence-corrected chi connectivity index (χ1v) is 13.4. The average Bonchev–Trinajstić information content (AvgIpc) is 3.31. The Labute approximate surface area is 238 Å². The molecule has 41 heavy (non-hydrogen) atoms. The first-order chi connectivity index (χ1) is 19.7. The number of likely N-dealkylation sites (N-methyl/N-ethyl adjacent to an activating group) is 2. The number of esters is 1. The zero-order valence-corrected chi connectivity index (χ0v) is 23.3. The average molecular weight is 556 g/mol. The Hall–Kier alpha value is -4.67. The van der Waals surface area contributed by atoms with Gasteiger partial charge in [-0.3, -0.25) is 14.5 Å². The van der Waals surface area contributed by atoms with Crippen LogP contribution in [0, 0.1) is 0 Å². The first kappa shape index (κ1) is 27.9. The summed E-state index contributed by atoms with van der Waals surface area (Å²) in [5, 5.41) is 16.1. The van der Waals surface area contributed by atoms with Gasteiger partial charge >= 0.3 is 5.97 Å². The molecule has 0 atom stereocenters. The normalized spacial score (nSPS) is 16.5. The van der Waals surface area contributed by atoms with Crippen LogP contribution in [0.5, 0.6) is 5.75 Å². The summed E-state index contributed by atoms with van der Waals surface area (Å²) in [6.07, 6.45) is 0. The van der Waals surface area contributed by atoms with Crippen molar-refractivity contribution < 1.29 is 24.2 Å². The van der Waals surface area contributed by atoms with Crippen molar-refractivity contribution in [2.75, 3.05) is 69.5 Å². The molecule has 2 heterocycles. The Morgan fingerprint density at radius 2 is 1.63 bits per heavy atom. The van der Waals surface area contributed by atoms with Gasteiger partial charge in [0.25, 0.3) is 5.91 Å². The molecule has 3 N–H and O–H groups in total. The van der Waals surface area contributed by atoms with Gasteiger partial charge in [-0.1, -0.05) is 0 Å². The number of fused-ring (bicyclic) bond motifs is 1. The van der Waals surface area contributed by atoms with E-state index in [9.17, 15) is 19.5 Å². The van der Waals surface area contributed by atoms with Crippen molar-refractivity contribution in [3.8, 4) is 5.75 Å².